The molecular formula is C18H23N3O2S. The van der Waals surface area contributed by atoms with Crippen LogP contribution in [0.4, 0.5) is 11.5 Å². The van der Waals surface area contributed by atoms with Gasteiger partial charge >= 0.3 is 0 Å². The highest BCUT2D eigenvalue weighted by molar-refractivity contribution is 7.90. The second-order valence-electron chi connectivity index (χ2n) is 6.09. The number of hydrogen-bond acceptors (Lipinski definition) is 5. The van der Waals surface area contributed by atoms with Gasteiger partial charge in [0.05, 0.1) is 0 Å². The fourth-order valence-electron chi connectivity index (χ4n) is 3.03. The van der Waals surface area contributed by atoms with E-state index in [0.717, 1.165) is 32.6 Å². The summed E-state index contributed by atoms with van der Waals surface area (Å²) in [6.45, 7) is 5.38. The molecule has 0 radical (unpaired) electrons. The van der Waals surface area contributed by atoms with Crippen molar-refractivity contribution in [1.29, 1.82) is 0 Å². The van der Waals surface area contributed by atoms with E-state index in [2.05, 4.69) is 46.0 Å². The van der Waals surface area contributed by atoms with Crippen molar-refractivity contribution in [3.8, 4) is 0 Å². The van der Waals surface area contributed by atoms with Crippen LogP contribution in [0.2, 0.25) is 0 Å². The standard InChI is InChI=1S/C18H23N3O2S/c1-3-15-6-8-16(9-7-15)20-11-13-21(14-12-20)18-17(24(2,22)23)5-4-10-19-18/h4-10H,3,11-14H2,1-2H3. The molecule has 0 bridgehead atoms. The zero-order chi connectivity index (χ0) is 17.2. The SMILES string of the molecule is CCc1ccc(N2CCN(c3ncccc3S(C)(=O)=O)CC2)cc1. The summed E-state index contributed by atoms with van der Waals surface area (Å²) in [5, 5.41) is 0. The van der Waals surface area contributed by atoms with Crippen LogP contribution in [0, 0.1) is 0 Å². The van der Waals surface area contributed by atoms with Crippen LogP contribution in [0.15, 0.2) is 47.5 Å². The van der Waals surface area contributed by atoms with Crippen LogP contribution >= 0.6 is 0 Å². The molecule has 0 unspecified atom stereocenters. The smallest absolute Gasteiger partial charge is 0.179 e. The van der Waals surface area contributed by atoms with Crippen LogP contribution in [-0.4, -0.2) is 45.8 Å². The quantitative estimate of drug-likeness (QED) is 0.851. The summed E-state index contributed by atoms with van der Waals surface area (Å²) in [6, 6.07) is 12.0. The lowest BCUT2D eigenvalue weighted by Gasteiger charge is -2.37. The van der Waals surface area contributed by atoms with Gasteiger partial charge in [-0.3, -0.25) is 0 Å². The number of pyridine rings is 1. The van der Waals surface area contributed by atoms with E-state index in [1.54, 1.807) is 18.3 Å². The monoisotopic (exact) mass is 345 g/mol. The van der Waals surface area contributed by atoms with E-state index in [4.69, 9.17) is 0 Å². The molecule has 6 heteroatoms. The first kappa shape index (κ1) is 16.8. The number of benzene rings is 1. The van der Waals surface area contributed by atoms with Crippen molar-refractivity contribution in [3.63, 3.8) is 0 Å². The van der Waals surface area contributed by atoms with Crippen molar-refractivity contribution in [2.24, 2.45) is 0 Å². The third-order valence-corrected chi connectivity index (χ3v) is 5.56. The largest absolute Gasteiger partial charge is 0.368 e. The summed E-state index contributed by atoms with van der Waals surface area (Å²) in [5.74, 6) is 0.570. The van der Waals surface area contributed by atoms with E-state index in [1.807, 2.05) is 0 Å². The molecular weight excluding hydrogens is 322 g/mol. The number of aromatic nitrogens is 1. The first-order valence-corrected chi connectivity index (χ1v) is 10.1. The molecule has 1 fully saturated rings. The average Bonchev–Trinajstić information content (AvgIpc) is 2.61. The third kappa shape index (κ3) is 3.53. The molecule has 0 saturated carbocycles. The zero-order valence-corrected chi connectivity index (χ0v) is 15.0. The molecule has 0 aliphatic carbocycles. The van der Waals surface area contributed by atoms with E-state index >= 15 is 0 Å². The average molecular weight is 345 g/mol. The summed E-state index contributed by atoms with van der Waals surface area (Å²) < 4.78 is 23.9. The molecule has 0 amide bonds. The minimum absolute atomic E-state index is 0.311. The number of sulfone groups is 1. The molecule has 2 heterocycles. The van der Waals surface area contributed by atoms with Crippen molar-refractivity contribution in [2.45, 2.75) is 18.2 Å². The first-order chi connectivity index (χ1) is 11.5. The van der Waals surface area contributed by atoms with Crippen LogP contribution in [0.5, 0.6) is 0 Å². The Morgan fingerprint density at radius 1 is 1.00 bits per heavy atom. The molecule has 1 aliphatic heterocycles. The van der Waals surface area contributed by atoms with E-state index in [0.29, 0.717) is 10.7 Å². The summed E-state index contributed by atoms with van der Waals surface area (Å²) in [6.07, 6.45) is 3.93. The van der Waals surface area contributed by atoms with Gasteiger partial charge in [-0.05, 0) is 36.2 Å². The maximum absolute atomic E-state index is 12.0. The maximum atomic E-state index is 12.0. The normalized spacial score (nSPS) is 15.6. The Morgan fingerprint density at radius 2 is 1.62 bits per heavy atom. The Balaban J connectivity index is 1.73. The lowest BCUT2D eigenvalue weighted by molar-refractivity contribution is 0.598. The fourth-order valence-corrected chi connectivity index (χ4v) is 3.87. The molecule has 0 spiro atoms. The van der Waals surface area contributed by atoms with Crippen LogP contribution < -0.4 is 9.80 Å². The van der Waals surface area contributed by atoms with Crippen LogP contribution in [-0.2, 0) is 16.3 Å². The van der Waals surface area contributed by atoms with Crippen molar-refractivity contribution in [1.82, 2.24) is 4.98 Å². The number of anilines is 2. The summed E-state index contributed by atoms with van der Waals surface area (Å²) in [7, 11) is -3.27. The molecule has 3 rings (SSSR count). The Labute approximate surface area is 143 Å². The predicted octanol–water partition coefficient (Wildman–Crippen LogP) is 2.37. The van der Waals surface area contributed by atoms with E-state index in [9.17, 15) is 8.42 Å². The van der Waals surface area contributed by atoms with Crippen LogP contribution in [0.3, 0.4) is 0 Å². The van der Waals surface area contributed by atoms with Gasteiger partial charge in [0, 0.05) is 44.3 Å². The second-order valence-corrected chi connectivity index (χ2v) is 8.08. The first-order valence-electron chi connectivity index (χ1n) is 8.23. The van der Waals surface area contributed by atoms with Crippen molar-refractivity contribution >= 4 is 21.3 Å². The van der Waals surface area contributed by atoms with Gasteiger partial charge in [0.2, 0.25) is 0 Å². The second kappa shape index (κ2) is 6.81. The molecule has 128 valence electrons. The highest BCUT2D eigenvalue weighted by atomic mass is 32.2. The van der Waals surface area contributed by atoms with Gasteiger partial charge in [0.15, 0.2) is 9.84 Å². The molecule has 0 N–H and O–H groups in total. The van der Waals surface area contributed by atoms with E-state index in [1.165, 1.54) is 17.5 Å². The molecule has 1 aromatic heterocycles. The van der Waals surface area contributed by atoms with Crippen molar-refractivity contribution in [3.05, 3.63) is 48.2 Å². The Hall–Kier alpha value is -2.08. The fraction of sp³-hybridized carbons (Fsp3) is 0.389. The summed E-state index contributed by atoms with van der Waals surface area (Å²) in [5.41, 5.74) is 2.56. The van der Waals surface area contributed by atoms with Gasteiger partial charge in [0.25, 0.3) is 0 Å². The predicted molar refractivity (Wildman–Crippen MR) is 97.6 cm³/mol. The molecule has 1 saturated heterocycles. The lowest BCUT2D eigenvalue weighted by Crippen LogP contribution is -2.47. The lowest BCUT2D eigenvalue weighted by atomic mass is 10.1. The summed E-state index contributed by atoms with van der Waals surface area (Å²) >= 11 is 0. The van der Waals surface area contributed by atoms with Gasteiger partial charge < -0.3 is 9.80 Å². The van der Waals surface area contributed by atoms with Crippen molar-refractivity contribution < 1.29 is 8.42 Å². The van der Waals surface area contributed by atoms with Gasteiger partial charge in [-0.25, -0.2) is 13.4 Å². The molecule has 1 aliphatic rings. The third-order valence-electron chi connectivity index (χ3n) is 4.44. The molecule has 2 aromatic rings. The maximum Gasteiger partial charge on any atom is 0.179 e. The minimum atomic E-state index is -3.27. The van der Waals surface area contributed by atoms with Crippen LogP contribution in [0.25, 0.3) is 0 Å². The number of nitrogens with zero attached hydrogens (tertiary/aromatic N) is 3. The van der Waals surface area contributed by atoms with E-state index in [-0.39, 0.29) is 0 Å². The molecule has 0 atom stereocenters. The molecule has 5 nitrogen and oxygen atoms in total. The highest BCUT2D eigenvalue weighted by Gasteiger charge is 2.23. The summed E-state index contributed by atoms with van der Waals surface area (Å²) in [4.78, 5) is 9.02. The van der Waals surface area contributed by atoms with Gasteiger partial charge in [0.1, 0.15) is 10.7 Å². The van der Waals surface area contributed by atoms with Crippen molar-refractivity contribution in [2.75, 3.05) is 42.2 Å². The Kier molecular flexibility index (Phi) is 4.76. The number of aryl methyl sites for hydroxylation is 1. The highest BCUT2D eigenvalue weighted by Crippen LogP contribution is 2.25. The number of piperazine rings is 1. The Bertz CT molecular complexity index is 795. The van der Waals surface area contributed by atoms with Crippen LogP contribution in [0.1, 0.15) is 12.5 Å². The zero-order valence-electron chi connectivity index (χ0n) is 14.1. The Morgan fingerprint density at radius 3 is 2.21 bits per heavy atom. The van der Waals surface area contributed by atoms with Gasteiger partial charge in [-0.15, -0.1) is 0 Å². The topological polar surface area (TPSA) is 53.5 Å². The van der Waals surface area contributed by atoms with Gasteiger partial charge in [-0.1, -0.05) is 19.1 Å². The van der Waals surface area contributed by atoms with E-state index < -0.39 is 9.84 Å². The number of rotatable bonds is 4. The molecule has 24 heavy (non-hydrogen) atoms. The number of hydrogen-bond donors (Lipinski definition) is 0. The van der Waals surface area contributed by atoms with Gasteiger partial charge in [-0.2, -0.15) is 0 Å². The minimum Gasteiger partial charge on any atom is -0.368 e. The molecule has 1 aromatic carbocycles.